The molecule has 0 saturated carbocycles. The van der Waals surface area contributed by atoms with Crippen LogP contribution >= 0.6 is 0 Å². The number of rotatable bonds is 2. The van der Waals surface area contributed by atoms with Gasteiger partial charge in [-0.25, -0.2) is 4.85 Å². The predicted molar refractivity (Wildman–Crippen MR) is 237 cm³/mol. The van der Waals surface area contributed by atoms with Gasteiger partial charge in [0.1, 0.15) is 0 Å². The summed E-state index contributed by atoms with van der Waals surface area (Å²) in [6.45, 7) is 7.64. The van der Waals surface area contributed by atoms with Gasteiger partial charge in [-0.05, 0) is 104 Å². The van der Waals surface area contributed by atoms with Crippen molar-refractivity contribution in [2.75, 3.05) is 0 Å². The minimum atomic E-state index is 0.0693. The van der Waals surface area contributed by atoms with Gasteiger partial charge >= 0.3 is 0 Å². The van der Waals surface area contributed by atoms with Gasteiger partial charge in [0.05, 0.1) is 40.3 Å². The first-order chi connectivity index (χ1) is 28.2. The first-order valence-corrected chi connectivity index (χ1v) is 19.3. The number of hydrogen-bond acceptors (Lipinski definition) is 1. The molecule has 0 fully saturated rings. The van der Waals surface area contributed by atoms with Gasteiger partial charge < -0.3 is 9.13 Å². The number of aromatic nitrogens is 2. The number of hydrogen-bond donors (Lipinski definition) is 0. The molecule has 9 aromatic carbocycles. The van der Waals surface area contributed by atoms with E-state index in [4.69, 9.17) is 6.57 Å². The zero-order valence-corrected chi connectivity index (χ0v) is 30.5. The van der Waals surface area contributed by atoms with E-state index in [-0.39, 0.29) is 6.71 Å². The number of nitriles is 1. The third-order valence-corrected chi connectivity index (χ3v) is 12.7. The van der Waals surface area contributed by atoms with Crippen molar-refractivity contribution in [2.45, 2.75) is 0 Å². The lowest BCUT2D eigenvalue weighted by Gasteiger charge is -2.34. The fraction of sp³-hybridized carbons (Fsp3) is 0. The minimum absolute atomic E-state index is 0.0693. The summed E-state index contributed by atoms with van der Waals surface area (Å²) in [6, 6.07) is 61.3. The van der Waals surface area contributed by atoms with Crippen LogP contribution in [0.3, 0.4) is 0 Å². The topological polar surface area (TPSA) is 38.0 Å². The van der Waals surface area contributed by atoms with E-state index in [1.54, 1.807) is 0 Å². The molecule has 0 unspecified atom stereocenters. The second kappa shape index (κ2) is 10.9. The Morgan fingerprint density at radius 3 is 1.49 bits per heavy atom. The van der Waals surface area contributed by atoms with E-state index in [1.807, 2.05) is 24.3 Å². The molecule has 2 aliphatic heterocycles. The number of fused-ring (bicyclic) bond motifs is 12. The van der Waals surface area contributed by atoms with E-state index in [9.17, 15) is 5.26 Å². The molecule has 11 aromatic rings. The average molecular weight is 719 g/mol. The Labute approximate surface area is 327 Å². The largest absolute Gasteiger partial charge is 0.309 e. The van der Waals surface area contributed by atoms with Crippen molar-refractivity contribution in [3.63, 3.8) is 0 Å². The van der Waals surface area contributed by atoms with Crippen LogP contribution in [0.2, 0.25) is 0 Å². The molecule has 0 atom stereocenters. The highest BCUT2D eigenvalue weighted by molar-refractivity contribution is 7.01. The van der Waals surface area contributed by atoms with Gasteiger partial charge in [0.2, 0.25) is 6.71 Å². The molecule has 258 valence electrons. The van der Waals surface area contributed by atoms with Crippen LogP contribution < -0.4 is 16.4 Å². The second-order valence-corrected chi connectivity index (χ2v) is 15.4. The van der Waals surface area contributed by atoms with Crippen LogP contribution in [0, 0.1) is 17.9 Å². The lowest BCUT2D eigenvalue weighted by Crippen LogP contribution is -2.57. The maximum atomic E-state index is 9.61. The van der Waals surface area contributed by atoms with Gasteiger partial charge in [-0.2, -0.15) is 5.26 Å². The molecule has 2 aromatic heterocycles. The molecular weight excluding hydrogens is 691 g/mol. The smallest absolute Gasteiger partial charge is 0.244 e. The molecule has 4 heterocycles. The van der Waals surface area contributed by atoms with E-state index in [2.05, 4.69) is 160 Å². The van der Waals surface area contributed by atoms with Crippen molar-refractivity contribution in [2.24, 2.45) is 0 Å². The molecule has 2 aliphatic rings. The van der Waals surface area contributed by atoms with Gasteiger partial charge in [0, 0.05) is 32.9 Å². The summed E-state index contributed by atoms with van der Waals surface area (Å²) in [4.78, 5) is 3.67. The van der Waals surface area contributed by atoms with E-state index in [1.165, 1.54) is 81.7 Å². The summed E-state index contributed by atoms with van der Waals surface area (Å²) in [5.74, 6) is 0. The van der Waals surface area contributed by atoms with Crippen molar-refractivity contribution in [3.05, 3.63) is 181 Å². The van der Waals surface area contributed by atoms with Crippen molar-refractivity contribution in [3.8, 4) is 39.7 Å². The van der Waals surface area contributed by atoms with Crippen molar-refractivity contribution >= 4 is 93.9 Å². The predicted octanol–water partition coefficient (Wildman–Crippen LogP) is 11.1. The third-order valence-electron chi connectivity index (χ3n) is 12.7. The fourth-order valence-corrected chi connectivity index (χ4v) is 10.6. The number of para-hydroxylation sites is 2. The van der Waals surface area contributed by atoms with Crippen LogP contribution in [0.15, 0.2) is 164 Å². The van der Waals surface area contributed by atoms with E-state index >= 15 is 0 Å². The normalized spacial score (nSPS) is 12.5. The van der Waals surface area contributed by atoms with E-state index < -0.39 is 0 Å². The van der Waals surface area contributed by atoms with Crippen LogP contribution in [0.25, 0.3) is 104 Å². The zero-order valence-electron chi connectivity index (χ0n) is 30.5. The van der Waals surface area contributed by atoms with Crippen LogP contribution in [0.5, 0.6) is 0 Å². The summed E-state index contributed by atoms with van der Waals surface area (Å²) in [5.41, 5.74) is 17.2. The molecule has 13 rings (SSSR count). The maximum Gasteiger partial charge on any atom is 0.244 e. The SMILES string of the molecule is [C-]#[N+]c1ccc(-n2c3ccccc3c3c4c5c(cccc5cc32)B2c3c(cccc3-4)-c3c4c2cccc4cc2c3c3ccccc3n2-c2ccc(C#N)cc2)cc1. The lowest BCUT2D eigenvalue weighted by molar-refractivity contribution is 1.18. The van der Waals surface area contributed by atoms with Gasteiger partial charge in [0.15, 0.2) is 5.69 Å². The zero-order chi connectivity index (χ0) is 37.5. The van der Waals surface area contributed by atoms with Gasteiger partial charge in [0.25, 0.3) is 0 Å². The molecule has 0 bridgehead atoms. The molecule has 0 amide bonds. The highest BCUT2D eigenvalue weighted by atomic mass is 15.0. The Kier molecular flexibility index (Phi) is 5.82. The summed E-state index contributed by atoms with van der Waals surface area (Å²) in [7, 11) is 0. The van der Waals surface area contributed by atoms with Gasteiger partial charge in [-0.15, -0.1) is 0 Å². The molecule has 57 heavy (non-hydrogen) atoms. The van der Waals surface area contributed by atoms with Crippen molar-refractivity contribution in [1.82, 2.24) is 9.13 Å². The first-order valence-electron chi connectivity index (χ1n) is 19.3. The Balaban J connectivity index is 1.20. The van der Waals surface area contributed by atoms with Crippen molar-refractivity contribution < 1.29 is 0 Å². The summed E-state index contributed by atoms with van der Waals surface area (Å²) in [5, 5.41) is 19.7. The van der Waals surface area contributed by atoms with Gasteiger partial charge in [-0.3, -0.25) is 0 Å². The number of nitrogens with zero attached hydrogens (tertiary/aromatic N) is 4. The second-order valence-electron chi connectivity index (χ2n) is 15.4. The Morgan fingerprint density at radius 1 is 0.491 bits per heavy atom. The van der Waals surface area contributed by atoms with E-state index in [0.29, 0.717) is 11.3 Å². The molecule has 4 nitrogen and oxygen atoms in total. The standard InChI is InChI=1S/C52H27BN4/c1-55-33-21-25-35(26-22-33)57-43-18-5-3-12-37(43)49-45(57)28-32-10-7-16-41-47(32)51(49)39-14-8-13-38-50-46-31(9-6-15-40(46)53(41)52(38)39)27-44-48(50)36-11-2-4-17-42(36)56(44)34-23-19-30(29-54)20-24-34/h2-28H. The summed E-state index contributed by atoms with van der Waals surface area (Å²) >= 11 is 0. The molecule has 0 radical (unpaired) electrons. The average Bonchev–Trinajstić information content (AvgIpc) is 3.78. The van der Waals surface area contributed by atoms with Crippen LogP contribution in [0.4, 0.5) is 5.69 Å². The van der Waals surface area contributed by atoms with Crippen LogP contribution in [-0.2, 0) is 0 Å². The first kappa shape index (κ1) is 30.5. The monoisotopic (exact) mass is 718 g/mol. The quantitative estimate of drug-likeness (QED) is 0.130. The van der Waals surface area contributed by atoms with Crippen LogP contribution in [-0.4, -0.2) is 15.8 Å². The van der Waals surface area contributed by atoms with Gasteiger partial charge in [-0.1, -0.05) is 120 Å². The third kappa shape index (κ3) is 3.80. The van der Waals surface area contributed by atoms with Crippen LogP contribution in [0.1, 0.15) is 5.56 Å². The molecule has 0 spiro atoms. The molecule has 0 aliphatic carbocycles. The maximum absolute atomic E-state index is 9.61. The number of benzene rings is 9. The van der Waals surface area contributed by atoms with Crippen molar-refractivity contribution in [1.29, 1.82) is 5.26 Å². The minimum Gasteiger partial charge on any atom is -0.309 e. The molecule has 5 heteroatoms. The molecule has 0 N–H and O–H groups in total. The molecular formula is C52H27BN4. The highest BCUT2D eigenvalue weighted by Crippen LogP contribution is 2.48. The summed E-state index contributed by atoms with van der Waals surface area (Å²) < 4.78 is 4.75. The molecule has 0 saturated heterocycles. The Morgan fingerprint density at radius 2 is 0.982 bits per heavy atom. The highest BCUT2D eigenvalue weighted by Gasteiger charge is 2.40. The Bertz CT molecular complexity index is 3460. The van der Waals surface area contributed by atoms with E-state index in [0.717, 1.165) is 33.4 Å². The summed E-state index contributed by atoms with van der Waals surface area (Å²) in [6.07, 6.45) is 0. The fourth-order valence-electron chi connectivity index (χ4n) is 10.6. The Hall–Kier alpha value is -7.86. The lowest BCUT2D eigenvalue weighted by atomic mass is 9.31.